The summed E-state index contributed by atoms with van der Waals surface area (Å²) in [4.78, 5) is 13.9. The van der Waals surface area contributed by atoms with Crippen LogP contribution >= 0.6 is 11.3 Å². The van der Waals surface area contributed by atoms with Gasteiger partial charge in [-0.3, -0.25) is 0 Å². The van der Waals surface area contributed by atoms with Crippen molar-refractivity contribution in [2.45, 2.75) is 6.54 Å². The molecule has 0 atom stereocenters. The monoisotopic (exact) mass is 272 g/mol. The van der Waals surface area contributed by atoms with Gasteiger partial charge in [-0.15, -0.1) is 11.3 Å². The summed E-state index contributed by atoms with van der Waals surface area (Å²) in [6.07, 6.45) is 0. The third kappa shape index (κ3) is 5.59. The second-order valence-electron chi connectivity index (χ2n) is 4.08. The van der Waals surface area contributed by atoms with Crippen LogP contribution in [0.1, 0.15) is 15.2 Å². The van der Waals surface area contributed by atoms with Crippen molar-refractivity contribution >= 4 is 17.3 Å². The zero-order valence-corrected chi connectivity index (χ0v) is 11.6. The molecule has 0 unspecified atom stereocenters. The molecule has 0 spiro atoms. The Morgan fingerprint density at radius 2 is 2.33 bits per heavy atom. The Hall–Kier alpha value is -0.950. The highest BCUT2D eigenvalue weighted by atomic mass is 32.1. The number of rotatable bonds is 9. The quantitative estimate of drug-likeness (QED) is 0.660. The third-order valence-electron chi connectivity index (χ3n) is 2.55. The number of carboxylic acid groups (broad SMARTS) is 1. The van der Waals surface area contributed by atoms with Crippen molar-refractivity contribution in [2.24, 2.45) is 0 Å². The molecule has 0 aromatic carbocycles. The number of methoxy groups -OCH3 is 1. The third-order valence-corrected chi connectivity index (χ3v) is 3.48. The summed E-state index contributed by atoms with van der Waals surface area (Å²) in [5.74, 6) is -0.864. The highest BCUT2D eigenvalue weighted by Gasteiger charge is 2.05. The summed E-state index contributed by atoms with van der Waals surface area (Å²) in [5, 5.41) is 13.8. The van der Waals surface area contributed by atoms with Gasteiger partial charge in [0.1, 0.15) is 0 Å². The molecule has 1 aromatic rings. The molecule has 0 aliphatic heterocycles. The number of aromatic carboxylic acids is 1. The number of nitrogens with one attached hydrogen (secondary N) is 1. The molecule has 0 bridgehead atoms. The number of ether oxygens (including phenoxy) is 1. The maximum Gasteiger partial charge on any atom is 0.336 e. The van der Waals surface area contributed by atoms with E-state index in [1.807, 2.05) is 7.05 Å². The van der Waals surface area contributed by atoms with E-state index in [1.165, 1.54) is 11.3 Å². The highest BCUT2D eigenvalue weighted by Crippen LogP contribution is 2.14. The minimum absolute atomic E-state index is 0.369. The summed E-state index contributed by atoms with van der Waals surface area (Å²) in [7, 11) is 3.75. The predicted molar refractivity (Wildman–Crippen MR) is 72.4 cm³/mol. The van der Waals surface area contributed by atoms with Gasteiger partial charge in [0.05, 0.1) is 12.2 Å². The molecule has 0 aliphatic carbocycles. The van der Waals surface area contributed by atoms with Crippen molar-refractivity contribution in [3.8, 4) is 0 Å². The van der Waals surface area contributed by atoms with Gasteiger partial charge in [-0.25, -0.2) is 4.79 Å². The van der Waals surface area contributed by atoms with Crippen molar-refractivity contribution in [3.63, 3.8) is 0 Å². The van der Waals surface area contributed by atoms with Crippen LogP contribution in [-0.2, 0) is 11.3 Å². The first-order valence-corrected chi connectivity index (χ1v) is 6.70. The molecule has 0 fully saturated rings. The molecule has 0 amide bonds. The van der Waals surface area contributed by atoms with Gasteiger partial charge >= 0.3 is 5.97 Å². The molecule has 0 radical (unpaired) electrons. The lowest BCUT2D eigenvalue weighted by atomic mass is 10.3. The van der Waals surface area contributed by atoms with Crippen LogP contribution in [0.3, 0.4) is 0 Å². The molecule has 0 saturated heterocycles. The Morgan fingerprint density at radius 1 is 1.56 bits per heavy atom. The van der Waals surface area contributed by atoms with Crippen LogP contribution < -0.4 is 5.32 Å². The second-order valence-corrected chi connectivity index (χ2v) is 5.08. The molecule has 0 saturated carbocycles. The normalized spacial score (nSPS) is 11.1. The predicted octanol–water partition coefficient (Wildman–Crippen LogP) is 1.11. The standard InChI is InChI=1S/C12H20N2O3S/c1-14(5-6-17-2)4-3-13-8-11-7-10(9-18-11)12(15)16/h7,9,13H,3-6,8H2,1-2H3,(H,15,16). The summed E-state index contributed by atoms with van der Waals surface area (Å²) in [6.45, 7) is 4.20. The first-order chi connectivity index (χ1) is 8.63. The summed E-state index contributed by atoms with van der Waals surface area (Å²) in [6, 6.07) is 1.72. The van der Waals surface area contributed by atoms with E-state index >= 15 is 0 Å². The van der Waals surface area contributed by atoms with Crippen molar-refractivity contribution in [1.82, 2.24) is 10.2 Å². The summed E-state index contributed by atoms with van der Waals surface area (Å²) < 4.78 is 5.00. The van der Waals surface area contributed by atoms with Crippen LogP contribution in [0.15, 0.2) is 11.4 Å². The molecule has 18 heavy (non-hydrogen) atoms. The van der Waals surface area contributed by atoms with E-state index in [0.29, 0.717) is 5.56 Å². The van der Waals surface area contributed by atoms with Gasteiger partial charge < -0.3 is 20.1 Å². The van der Waals surface area contributed by atoms with Crippen molar-refractivity contribution in [2.75, 3.05) is 40.4 Å². The lowest BCUT2D eigenvalue weighted by Gasteiger charge is -2.15. The first-order valence-electron chi connectivity index (χ1n) is 5.82. The smallest absolute Gasteiger partial charge is 0.336 e. The molecule has 2 N–H and O–H groups in total. The number of likely N-dealkylation sites (N-methyl/N-ethyl adjacent to an activating group) is 1. The van der Waals surface area contributed by atoms with Crippen LogP contribution in [0.25, 0.3) is 0 Å². The van der Waals surface area contributed by atoms with Crippen molar-refractivity contribution in [1.29, 1.82) is 0 Å². The van der Waals surface area contributed by atoms with E-state index in [9.17, 15) is 4.79 Å². The molecule has 5 nitrogen and oxygen atoms in total. The Morgan fingerprint density at radius 3 is 2.94 bits per heavy atom. The van der Waals surface area contributed by atoms with Gasteiger partial charge in [-0.05, 0) is 13.1 Å². The van der Waals surface area contributed by atoms with E-state index in [1.54, 1.807) is 18.6 Å². The average molecular weight is 272 g/mol. The topological polar surface area (TPSA) is 61.8 Å². The fraction of sp³-hybridized carbons (Fsp3) is 0.583. The fourth-order valence-electron chi connectivity index (χ4n) is 1.43. The molecule has 1 rings (SSSR count). The second kappa shape index (κ2) is 8.20. The van der Waals surface area contributed by atoms with Gasteiger partial charge in [0.15, 0.2) is 0 Å². The fourth-order valence-corrected chi connectivity index (χ4v) is 2.25. The Bertz CT molecular complexity index is 368. The first kappa shape index (κ1) is 15.1. The molecule has 1 aromatic heterocycles. The molecule has 1 heterocycles. The Labute approximate surface area is 111 Å². The molecule has 6 heteroatoms. The number of carbonyl (C=O) groups is 1. The van der Waals surface area contributed by atoms with Crippen LogP contribution in [-0.4, -0.2) is 56.4 Å². The lowest BCUT2D eigenvalue weighted by Crippen LogP contribution is -2.31. The van der Waals surface area contributed by atoms with Gasteiger partial charge in [-0.2, -0.15) is 0 Å². The van der Waals surface area contributed by atoms with Crippen LogP contribution in [0, 0.1) is 0 Å². The number of carboxylic acids is 1. The molecular formula is C12H20N2O3S. The minimum Gasteiger partial charge on any atom is -0.478 e. The maximum atomic E-state index is 10.7. The Balaban J connectivity index is 2.15. The zero-order valence-electron chi connectivity index (χ0n) is 10.8. The highest BCUT2D eigenvalue weighted by molar-refractivity contribution is 7.10. The van der Waals surface area contributed by atoms with Gasteiger partial charge in [-0.1, -0.05) is 0 Å². The minimum atomic E-state index is -0.864. The van der Waals surface area contributed by atoms with E-state index in [2.05, 4.69) is 10.2 Å². The number of thiophene rings is 1. The largest absolute Gasteiger partial charge is 0.478 e. The summed E-state index contributed by atoms with van der Waals surface area (Å²) >= 11 is 1.47. The summed E-state index contributed by atoms with van der Waals surface area (Å²) in [5.41, 5.74) is 0.369. The van der Waals surface area contributed by atoms with Crippen LogP contribution in [0.2, 0.25) is 0 Å². The van der Waals surface area contributed by atoms with Gasteiger partial charge in [0.25, 0.3) is 0 Å². The number of nitrogens with zero attached hydrogens (tertiary/aromatic N) is 1. The van der Waals surface area contributed by atoms with Crippen LogP contribution in [0.5, 0.6) is 0 Å². The maximum absolute atomic E-state index is 10.7. The van der Waals surface area contributed by atoms with Crippen molar-refractivity contribution in [3.05, 3.63) is 21.9 Å². The average Bonchev–Trinajstić information content (AvgIpc) is 2.81. The lowest BCUT2D eigenvalue weighted by molar-refractivity contribution is 0.0697. The van der Waals surface area contributed by atoms with E-state index in [0.717, 1.165) is 37.7 Å². The van der Waals surface area contributed by atoms with Gasteiger partial charge in [0, 0.05) is 43.5 Å². The van der Waals surface area contributed by atoms with E-state index in [-0.39, 0.29) is 0 Å². The molecule has 102 valence electrons. The zero-order chi connectivity index (χ0) is 13.4. The molecule has 0 aliphatic rings. The Kier molecular flexibility index (Phi) is 6.89. The number of hydrogen-bond donors (Lipinski definition) is 2. The number of hydrogen-bond acceptors (Lipinski definition) is 5. The van der Waals surface area contributed by atoms with Crippen molar-refractivity contribution < 1.29 is 14.6 Å². The molecular weight excluding hydrogens is 252 g/mol. The SMILES string of the molecule is COCCN(C)CCNCc1cc(C(=O)O)cs1. The van der Waals surface area contributed by atoms with Gasteiger partial charge in [0.2, 0.25) is 0 Å². The van der Waals surface area contributed by atoms with Crippen LogP contribution in [0.4, 0.5) is 0 Å². The van der Waals surface area contributed by atoms with E-state index < -0.39 is 5.97 Å². The van der Waals surface area contributed by atoms with E-state index in [4.69, 9.17) is 9.84 Å².